The van der Waals surface area contributed by atoms with E-state index >= 15 is 0 Å². The SMILES string of the molecule is C=CCOc1ccc(/C=C(\C#N)C(=O)Nc2cccc(C)c2)cc1OC. The molecule has 0 aliphatic heterocycles. The molecule has 0 fully saturated rings. The van der Waals surface area contributed by atoms with E-state index in [9.17, 15) is 10.1 Å². The maximum atomic E-state index is 12.4. The normalized spacial score (nSPS) is 10.6. The molecule has 1 amide bonds. The van der Waals surface area contributed by atoms with Gasteiger partial charge in [-0.25, -0.2) is 0 Å². The van der Waals surface area contributed by atoms with Gasteiger partial charge in [0, 0.05) is 5.69 Å². The second kappa shape index (κ2) is 9.09. The number of benzene rings is 2. The second-order valence-corrected chi connectivity index (χ2v) is 5.50. The van der Waals surface area contributed by atoms with Gasteiger partial charge in [0.05, 0.1) is 7.11 Å². The summed E-state index contributed by atoms with van der Waals surface area (Å²) in [4.78, 5) is 12.4. The predicted molar refractivity (Wildman–Crippen MR) is 102 cm³/mol. The summed E-state index contributed by atoms with van der Waals surface area (Å²) in [5, 5.41) is 12.1. The van der Waals surface area contributed by atoms with Crippen LogP contribution >= 0.6 is 0 Å². The fraction of sp³-hybridized carbons (Fsp3) is 0.143. The Bertz CT molecular complexity index is 879. The Kier molecular flexibility index (Phi) is 6.58. The Hall–Kier alpha value is -3.52. The number of anilines is 1. The predicted octanol–water partition coefficient (Wildman–Crippen LogP) is 4.11. The molecule has 0 unspecified atom stereocenters. The van der Waals surface area contributed by atoms with Gasteiger partial charge in [0.2, 0.25) is 0 Å². The molecule has 0 radical (unpaired) electrons. The van der Waals surface area contributed by atoms with Crippen molar-refractivity contribution in [2.45, 2.75) is 6.92 Å². The van der Waals surface area contributed by atoms with Crippen molar-refractivity contribution in [1.29, 1.82) is 5.26 Å². The topological polar surface area (TPSA) is 71.3 Å². The molecule has 26 heavy (non-hydrogen) atoms. The fourth-order valence-corrected chi connectivity index (χ4v) is 2.28. The molecule has 2 aromatic rings. The summed E-state index contributed by atoms with van der Waals surface area (Å²) in [6.07, 6.45) is 3.14. The van der Waals surface area contributed by atoms with Crippen molar-refractivity contribution in [2.75, 3.05) is 19.0 Å². The molecule has 0 bridgehead atoms. The number of ether oxygens (including phenoxy) is 2. The van der Waals surface area contributed by atoms with Crippen molar-refractivity contribution >= 4 is 17.7 Å². The molecule has 1 N–H and O–H groups in total. The van der Waals surface area contributed by atoms with Crippen LogP contribution in [0.25, 0.3) is 6.08 Å². The number of amides is 1. The Morgan fingerprint density at radius 1 is 1.27 bits per heavy atom. The Balaban J connectivity index is 2.23. The Morgan fingerprint density at radius 2 is 2.08 bits per heavy atom. The van der Waals surface area contributed by atoms with E-state index in [0.717, 1.165) is 5.56 Å². The number of hydrogen-bond acceptors (Lipinski definition) is 4. The number of carbonyl (C=O) groups excluding carboxylic acids is 1. The zero-order valence-corrected chi connectivity index (χ0v) is 14.8. The van der Waals surface area contributed by atoms with Gasteiger partial charge in [-0.1, -0.05) is 30.9 Å². The first-order valence-corrected chi connectivity index (χ1v) is 7.99. The van der Waals surface area contributed by atoms with Crippen LogP contribution in [-0.2, 0) is 4.79 Å². The lowest BCUT2D eigenvalue weighted by Crippen LogP contribution is -2.13. The maximum absolute atomic E-state index is 12.4. The van der Waals surface area contributed by atoms with Crippen LogP contribution in [0.3, 0.4) is 0 Å². The molecule has 0 aromatic heterocycles. The zero-order chi connectivity index (χ0) is 18.9. The molecule has 0 atom stereocenters. The molecule has 0 aliphatic carbocycles. The molecule has 0 saturated heterocycles. The number of nitrogens with one attached hydrogen (secondary N) is 1. The van der Waals surface area contributed by atoms with E-state index in [0.29, 0.717) is 29.4 Å². The minimum atomic E-state index is -0.468. The maximum Gasteiger partial charge on any atom is 0.266 e. The quantitative estimate of drug-likeness (QED) is 0.464. The largest absolute Gasteiger partial charge is 0.493 e. The van der Waals surface area contributed by atoms with Gasteiger partial charge in [-0.15, -0.1) is 0 Å². The van der Waals surface area contributed by atoms with Gasteiger partial charge in [0.25, 0.3) is 5.91 Å². The first-order valence-electron chi connectivity index (χ1n) is 7.99. The van der Waals surface area contributed by atoms with Gasteiger partial charge in [0.1, 0.15) is 18.2 Å². The van der Waals surface area contributed by atoms with Crippen LogP contribution in [0.1, 0.15) is 11.1 Å². The third-order valence-corrected chi connectivity index (χ3v) is 3.50. The highest BCUT2D eigenvalue weighted by Crippen LogP contribution is 2.29. The van der Waals surface area contributed by atoms with Gasteiger partial charge in [0.15, 0.2) is 11.5 Å². The first kappa shape index (κ1) is 18.8. The van der Waals surface area contributed by atoms with E-state index in [1.807, 2.05) is 31.2 Å². The Morgan fingerprint density at radius 3 is 2.73 bits per heavy atom. The monoisotopic (exact) mass is 348 g/mol. The summed E-state index contributed by atoms with van der Waals surface area (Å²) in [7, 11) is 1.53. The Labute approximate surface area is 153 Å². The van der Waals surface area contributed by atoms with Gasteiger partial charge in [-0.2, -0.15) is 5.26 Å². The fourth-order valence-electron chi connectivity index (χ4n) is 2.28. The van der Waals surface area contributed by atoms with Crippen molar-refractivity contribution in [3.05, 3.63) is 71.8 Å². The lowest BCUT2D eigenvalue weighted by Gasteiger charge is -2.10. The average Bonchev–Trinajstić information content (AvgIpc) is 2.64. The van der Waals surface area contributed by atoms with Crippen molar-refractivity contribution in [3.8, 4) is 17.6 Å². The number of hydrogen-bond donors (Lipinski definition) is 1. The molecule has 0 aliphatic rings. The zero-order valence-electron chi connectivity index (χ0n) is 14.8. The summed E-state index contributed by atoms with van der Waals surface area (Å²) in [6.45, 7) is 5.89. The van der Waals surface area contributed by atoms with Gasteiger partial charge < -0.3 is 14.8 Å². The summed E-state index contributed by atoms with van der Waals surface area (Å²) >= 11 is 0. The van der Waals surface area contributed by atoms with Crippen molar-refractivity contribution in [2.24, 2.45) is 0 Å². The van der Waals surface area contributed by atoms with Gasteiger partial charge in [-0.05, 0) is 48.4 Å². The van der Waals surface area contributed by atoms with Gasteiger partial charge >= 0.3 is 0 Å². The first-order chi connectivity index (χ1) is 12.6. The molecular weight excluding hydrogens is 328 g/mol. The van der Waals surface area contributed by atoms with Crippen LogP contribution in [0.4, 0.5) is 5.69 Å². The van der Waals surface area contributed by atoms with E-state index in [2.05, 4.69) is 11.9 Å². The minimum Gasteiger partial charge on any atom is -0.493 e. The van der Waals surface area contributed by atoms with E-state index in [1.165, 1.54) is 13.2 Å². The average molecular weight is 348 g/mol. The van der Waals surface area contributed by atoms with Crippen LogP contribution in [0, 0.1) is 18.3 Å². The summed E-state index contributed by atoms with van der Waals surface area (Å²) < 4.78 is 10.8. The number of nitriles is 1. The molecular formula is C21H20N2O3. The summed E-state index contributed by atoms with van der Waals surface area (Å²) in [6, 6.07) is 14.5. The van der Waals surface area contributed by atoms with Crippen molar-refractivity contribution < 1.29 is 14.3 Å². The third kappa shape index (κ3) is 4.99. The number of rotatable bonds is 7. The molecule has 0 spiro atoms. The molecule has 2 aromatic carbocycles. The number of carbonyl (C=O) groups is 1. The summed E-state index contributed by atoms with van der Waals surface area (Å²) in [5.41, 5.74) is 2.31. The molecule has 132 valence electrons. The van der Waals surface area contributed by atoms with E-state index in [1.54, 1.807) is 30.3 Å². The lowest BCUT2D eigenvalue weighted by atomic mass is 10.1. The van der Waals surface area contributed by atoms with Crippen LogP contribution in [0.2, 0.25) is 0 Å². The highest BCUT2D eigenvalue weighted by Gasteiger charge is 2.11. The van der Waals surface area contributed by atoms with Crippen LogP contribution < -0.4 is 14.8 Å². The van der Waals surface area contributed by atoms with Crippen molar-refractivity contribution in [1.82, 2.24) is 0 Å². The lowest BCUT2D eigenvalue weighted by molar-refractivity contribution is -0.112. The molecule has 2 rings (SSSR count). The van der Waals surface area contributed by atoms with Crippen LogP contribution in [0.15, 0.2) is 60.7 Å². The molecule has 5 heteroatoms. The number of methoxy groups -OCH3 is 1. The number of aryl methyl sites for hydroxylation is 1. The van der Waals surface area contributed by atoms with Crippen LogP contribution in [-0.4, -0.2) is 19.6 Å². The highest BCUT2D eigenvalue weighted by molar-refractivity contribution is 6.09. The summed E-state index contributed by atoms with van der Waals surface area (Å²) in [5.74, 6) is 0.605. The minimum absolute atomic E-state index is 0.00619. The van der Waals surface area contributed by atoms with Gasteiger partial charge in [-0.3, -0.25) is 4.79 Å². The van der Waals surface area contributed by atoms with Crippen molar-refractivity contribution in [3.63, 3.8) is 0 Å². The van der Waals surface area contributed by atoms with E-state index < -0.39 is 5.91 Å². The number of nitrogens with zero attached hydrogens (tertiary/aromatic N) is 1. The third-order valence-electron chi connectivity index (χ3n) is 3.50. The second-order valence-electron chi connectivity index (χ2n) is 5.50. The van der Waals surface area contributed by atoms with Crippen LogP contribution in [0.5, 0.6) is 11.5 Å². The molecule has 0 heterocycles. The molecule has 0 saturated carbocycles. The standard InChI is InChI=1S/C21H20N2O3/c1-4-10-26-19-9-8-16(13-20(19)25-3)12-17(14-22)21(24)23-18-7-5-6-15(2)11-18/h4-9,11-13H,1,10H2,2-3H3,(H,23,24)/b17-12+. The highest BCUT2D eigenvalue weighted by atomic mass is 16.5. The molecule has 5 nitrogen and oxygen atoms in total. The van der Waals surface area contributed by atoms with E-state index in [-0.39, 0.29) is 5.57 Å². The smallest absolute Gasteiger partial charge is 0.266 e. The van der Waals surface area contributed by atoms with E-state index in [4.69, 9.17) is 9.47 Å².